The lowest BCUT2D eigenvalue weighted by atomic mass is 10.1. The second-order valence-electron chi connectivity index (χ2n) is 5.09. The van der Waals surface area contributed by atoms with Gasteiger partial charge in [-0.25, -0.2) is 9.78 Å². The van der Waals surface area contributed by atoms with Gasteiger partial charge in [-0.15, -0.1) is 0 Å². The SMILES string of the molecule is COCCN1CCC(CNC(=O)c2nc[nH]c2C(=O)O)C1. The molecule has 1 aromatic heterocycles. The average Bonchev–Trinajstić information content (AvgIpc) is 3.11. The zero-order valence-electron chi connectivity index (χ0n) is 12.0. The van der Waals surface area contributed by atoms with Gasteiger partial charge in [-0.1, -0.05) is 0 Å². The van der Waals surface area contributed by atoms with E-state index in [-0.39, 0.29) is 11.4 Å². The van der Waals surface area contributed by atoms with Gasteiger partial charge in [-0.05, 0) is 18.9 Å². The largest absolute Gasteiger partial charge is 0.477 e. The van der Waals surface area contributed by atoms with E-state index in [2.05, 4.69) is 20.2 Å². The molecule has 2 rings (SSSR count). The Labute approximate surface area is 122 Å². The van der Waals surface area contributed by atoms with Crippen molar-refractivity contribution in [2.24, 2.45) is 5.92 Å². The van der Waals surface area contributed by atoms with Crippen LogP contribution in [0.2, 0.25) is 0 Å². The Morgan fingerprint density at radius 1 is 1.62 bits per heavy atom. The van der Waals surface area contributed by atoms with Gasteiger partial charge in [0.25, 0.3) is 5.91 Å². The molecule has 1 fully saturated rings. The van der Waals surface area contributed by atoms with Crippen molar-refractivity contribution in [2.75, 3.05) is 39.9 Å². The number of methoxy groups -OCH3 is 1. The number of aromatic amines is 1. The number of imidazole rings is 1. The topological polar surface area (TPSA) is 108 Å². The first-order chi connectivity index (χ1) is 10.1. The predicted molar refractivity (Wildman–Crippen MR) is 74.3 cm³/mol. The number of hydrogen-bond donors (Lipinski definition) is 3. The van der Waals surface area contributed by atoms with Gasteiger partial charge in [0.1, 0.15) is 0 Å². The van der Waals surface area contributed by atoms with Gasteiger partial charge in [0.2, 0.25) is 0 Å². The molecule has 1 aromatic rings. The number of rotatable bonds is 7. The molecule has 1 saturated heterocycles. The van der Waals surface area contributed by atoms with Crippen LogP contribution in [0, 0.1) is 5.92 Å². The van der Waals surface area contributed by atoms with E-state index in [1.165, 1.54) is 6.33 Å². The molecule has 8 heteroatoms. The van der Waals surface area contributed by atoms with Crippen molar-refractivity contribution in [1.29, 1.82) is 0 Å². The van der Waals surface area contributed by atoms with Crippen LogP contribution in [-0.2, 0) is 4.74 Å². The van der Waals surface area contributed by atoms with Crippen LogP contribution in [0.1, 0.15) is 27.4 Å². The number of amides is 1. The number of likely N-dealkylation sites (tertiary alicyclic amines) is 1. The zero-order valence-corrected chi connectivity index (χ0v) is 12.0. The Balaban J connectivity index is 1.80. The Hall–Kier alpha value is -1.93. The second kappa shape index (κ2) is 7.19. The fraction of sp³-hybridized carbons (Fsp3) is 0.615. The number of nitrogens with one attached hydrogen (secondary N) is 2. The van der Waals surface area contributed by atoms with Crippen molar-refractivity contribution in [3.8, 4) is 0 Å². The minimum atomic E-state index is -1.19. The van der Waals surface area contributed by atoms with Crippen LogP contribution >= 0.6 is 0 Å². The minimum absolute atomic E-state index is 0.0725. The molecular formula is C13H20N4O4. The monoisotopic (exact) mass is 296 g/mol. The third kappa shape index (κ3) is 4.02. The molecule has 21 heavy (non-hydrogen) atoms. The highest BCUT2D eigenvalue weighted by molar-refractivity contribution is 6.02. The molecule has 0 aliphatic carbocycles. The van der Waals surface area contributed by atoms with Crippen LogP contribution in [0.5, 0.6) is 0 Å². The Bertz CT molecular complexity index is 502. The predicted octanol–water partition coefficient (Wildman–Crippen LogP) is -0.194. The summed E-state index contributed by atoms with van der Waals surface area (Å²) in [6.45, 7) is 4.02. The smallest absolute Gasteiger partial charge is 0.354 e. The van der Waals surface area contributed by atoms with E-state index >= 15 is 0 Å². The molecule has 1 atom stereocenters. The number of carboxylic acids is 1. The summed E-state index contributed by atoms with van der Waals surface area (Å²) in [7, 11) is 1.68. The lowest BCUT2D eigenvalue weighted by molar-refractivity contribution is 0.0685. The average molecular weight is 296 g/mol. The summed E-state index contributed by atoms with van der Waals surface area (Å²) in [5.74, 6) is -1.27. The summed E-state index contributed by atoms with van der Waals surface area (Å²) in [6.07, 6.45) is 2.22. The number of ether oxygens (including phenoxy) is 1. The summed E-state index contributed by atoms with van der Waals surface area (Å²) >= 11 is 0. The van der Waals surface area contributed by atoms with Crippen LogP contribution in [0.3, 0.4) is 0 Å². The molecule has 0 aromatic carbocycles. The van der Waals surface area contributed by atoms with E-state index < -0.39 is 11.9 Å². The van der Waals surface area contributed by atoms with Crippen molar-refractivity contribution in [3.63, 3.8) is 0 Å². The van der Waals surface area contributed by atoms with E-state index in [9.17, 15) is 9.59 Å². The third-order valence-electron chi connectivity index (χ3n) is 3.60. The fourth-order valence-corrected chi connectivity index (χ4v) is 2.45. The maximum absolute atomic E-state index is 12.0. The molecule has 0 spiro atoms. The highest BCUT2D eigenvalue weighted by Crippen LogP contribution is 2.15. The maximum atomic E-state index is 12.0. The molecule has 1 unspecified atom stereocenters. The first-order valence-electron chi connectivity index (χ1n) is 6.88. The molecule has 0 radical (unpaired) electrons. The van der Waals surface area contributed by atoms with Crippen LogP contribution in [0.15, 0.2) is 6.33 Å². The zero-order chi connectivity index (χ0) is 15.2. The summed E-state index contributed by atoms with van der Waals surface area (Å²) in [5.41, 5.74) is -0.252. The van der Waals surface area contributed by atoms with Crippen molar-refractivity contribution in [2.45, 2.75) is 6.42 Å². The van der Waals surface area contributed by atoms with Crippen LogP contribution in [0.25, 0.3) is 0 Å². The number of H-pyrrole nitrogens is 1. The maximum Gasteiger partial charge on any atom is 0.354 e. The molecule has 2 heterocycles. The normalized spacial score (nSPS) is 18.8. The molecule has 1 aliphatic heterocycles. The van der Waals surface area contributed by atoms with Crippen molar-refractivity contribution >= 4 is 11.9 Å². The number of carbonyl (C=O) groups excluding carboxylic acids is 1. The van der Waals surface area contributed by atoms with Crippen LogP contribution in [-0.4, -0.2) is 71.7 Å². The fourth-order valence-electron chi connectivity index (χ4n) is 2.45. The van der Waals surface area contributed by atoms with Gasteiger partial charge in [-0.2, -0.15) is 0 Å². The summed E-state index contributed by atoms with van der Waals surface area (Å²) in [5, 5.41) is 11.7. The molecule has 1 amide bonds. The van der Waals surface area contributed by atoms with E-state index in [1.54, 1.807) is 7.11 Å². The van der Waals surface area contributed by atoms with E-state index in [1.807, 2.05) is 0 Å². The number of aromatic nitrogens is 2. The molecule has 1 aliphatic rings. The van der Waals surface area contributed by atoms with Gasteiger partial charge in [0.05, 0.1) is 12.9 Å². The Morgan fingerprint density at radius 3 is 3.14 bits per heavy atom. The van der Waals surface area contributed by atoms with Crippen LogP contribution < -0.4 is 5.32 Å². The van der Waals surface area contributed by atoms with Crippen molar-refractivity contribution < 1.29 is 19.4 Å². The summed E-state index contributed by atoms with van der Waals surface area (Å²) in [4.78, 5) is 31.4. The standard InChI is InChI=1S/C13H20N4O4/c1-21-5-4-17-3-2-9(7-17)6-14-12(18)10-11(13(19)20)16-8-15-10/h8-9H,2-7H2,1H3,(H,14,18)(H,15,16)(H,19,20). The number of carbonyl (C=O) groups is 2. The first-order valence-corrected chi connectivity index (χ1v) is 6.88. The molecule has 8 nitrogen and oxygen atoms in total. The van der Waals surface area contributed by atoms with Gasteiger partial charge in [-0.3, -0.25) is 4.79 Å². The second-order valence-corrected chi connectivity index (χ2v) is 5.09. The number of nitrogens with zero attached hydrogens (tertiary/aromatic N) is 2. The Morgan fingerprint density at radius 2 is 2.43 bits per heavy atom. The summed E-state index contributed by atoms with van der Waals surface area (Å²) < 4.78 is 5.04. The highest BCUT2D eigenvalue weighted by Gasteiger charge is 2.24. The first kappa shape index (κ1) is 15.5. The third-order valence-corrected chi connectivity index (χ3v) is 3.60. The molecule has 0 bridgehead atoms. The number of hydrogen-bond acceptors (Lipinski definition) is 5. The number of aromatic carboxylic acids is 1. The molecule has 116 valence electrons. The van der Waals surface area contributed by atoms with Crippen molar-refractivity contribution in [3.05, 3.63) is 17.7 Å². The van der Waals surface area contributed by atoms with Gasteiger partial charge < -0.3 is 25.0 Å². The quantitative estimate of drug-likeness (QED) is 0.643. The van der Waals surface area contributed by atoms with Crippen LogP contribution in [0.4, 0.5) is 0 Å². The minimum Gasteiger partial charge on any atom is -0.477 e. The van der Waals surface area contributed by atoms with E-state index in [0.29, 0.717) is 19.1 Å². The lowest BCUT2D eigenvalue weighted by Gasteiger charge is -2.15. The molecular weight excluding hydrogens is 276 g/mol. The lowest BCUT2D eigenvalue weighted by Crippen LogP contribution is -2.32. The van der Waals surface area contributed by atoms with Gasteiger partial charge >= 0.3 is 5.97 Å². The van der Waals surface area contributed by atoms with E-state index in [4.69, 9.17) is 9.84 Å². The van der Waals surface area contributed by atoms with Gasteiger partial charge in [0, 0.05) is 26.7 Å². The van der Waals surface area contributed by atoms with Gasteiger partial charge in [0.15, 0.2) is 11.4 Å². The molecule has 0 saturated carbocycles. The highest BCUT2D eigenvalue weighted by atomic mass is 16.5. The Kier molecular flexibility index (Phi) is 5.29. The summed E-state index contributed by atoms with van der Waals surface area (Å²) in [6, 6.07) is 0. The van der Waals surface area contributed by atoms with Crippen molar-refractivity contribution in [1.82, 2.24) is 20.2 Å². The number of carboxylic acid groups (broad SMARTS) is 1. The molecule has 3 N–H and O–H groups in total. The van der Waals surface area contributed by atoms with E-state index in [0.717, 1.165) is 26.1 Å².